The maximum atomic E-state index is 12.3. The third kappa shape index (κ3) is 4.56. The molecule has 0 spiro atoms. The van der Waals surface area contributed by atoms with Crippen molar-refractivity contribution in [3.05, 3.63) is 24.3 Å². The molecule has 0 radical (unpaired) electrons. The number of hydrogen-bond donors (Lipinski definition) is 0. The Balaban J connectivity index is 3.31. The monoisotopic (exact) mass is 338 g/mol. The van der Waals surface area contributed by atoms with Crippen LogP contribution in [0.4, 0.5) is 0 Å². The number of rotatable bonds is 5. The van der Waals surface area contributed by atoms with Crippen LogP contribution in [0.15, 0.2) is 24.3 Å². The van der Waals surface area contributed by atoms with Crippen LogP contribution >= 0.6 is 0 Å². The van der Waals surface area contributed by atoms with E-state index in [-0.39, 0.29) is 5.54 Å². The van der Waals surface area contributed by atoms with Crippen molar-refractivity contribution in [1.29, 1.82) is 0 Å². The lowest BCUT2D eigenvalue weighted by molar-refractivity contribution is -0.138. The highest BCUT2D eigenvalue weighted by atomic mass is 28.4. The van der Waals surface area contributed by atoms with Crippen LogP contribution in [-0.4, -0.2) is 20.5 Å². The van der Waals surface area contributed by atoms with E-state index in [0.29, 0.717) is 11.1 Å². The zero-order chi connectivity index (χ0) is 17.8. The van der Waals surface area contributed by atoms with E-state index in [2.05, 4.69) is 13.2 Å². The van der Waals surface area contributed by atoms with E-state index in [1.807, 2.05) is 20.8 Å². The zero-order valence-electron chi connectivity index (χ0n) is 15.2. The molecule has 1 aliphatic carbocycles. The van der Waals surface area contributed by atoms with Gasteiger partial charge in [-0.3, -0.25) is 0 Å². The normalized spacial score (nSPS) is 16.6. The molecule has 5 heteroatoms. The van der Waals surface area contributed by atoms with Gasteiger partial charge in [0.15, 0.2) is 0 Å². The molecule has 0 unspecified atom stereocenters. The van der Waals surface area contributed by atoms with Crippen molar-refractivity contribution in [2.24, 2.45) is 0 Å². The Labute approximate surface area is 141 Å². The third-order valence-electron chi connectivity index (χ3n) is 4.37. The Bertz CT molecular complexity index is 468. The average Bonchev–Trinajstić information content (AvgIpc) is 2.45. The quantitative estimate of drug-likeness (QED) is 0.533. The molecule has 0 bridgehead atoms. The minimum Gasteiger partial charge on any atom is -0.481 e. The number of hydrogen-bond acceptors (Lipinski definition) is 4. The molecule has 0 aromatic carbocycles. The summed E-state index contributed by atoms with van der Waals surface area (Å²) in [5.41, 5.74) is 0.768. The van der Waals surface area contributed by atoms with E-state index in [9.17, 15) is 9.59 Å². The van der Waals surface area contributed by atoms with Gasteiger partial charge in [-0.25, -0.2) is 9.59 Å². The van der Waals surface area contributed by atoms with E-state index in [0.717, 1.165) is 25.7 Å². The van der Waals surface area contributed by atoms with Crippen LogP contribution in [-0.2, 0) is 18.4 Å². The van der Waals surface area contributed by atoms with Crippen molar-refractivity contribution >= 4 is 20.5 Å². The van der Waals surface area contributed by atoms with Gasteiger partial charge in [0.2, 0.25) is 0 Å². The van der Waals surface area contributed by atoms with Crippen LogP contribution in [0.3, 0.4) is 0 Å². The highest BCUT2D eigenvalue weighted by Crippen LogP contribution is 2.51. The molecule has 4 nitrogen and oxygen atoms in total. The zero-order valence-corrected chi connectivity index (χ0v) is 16.2. The minimum absolute atomic E-state index is 0.114. The van der Waals surface area contributed by atoms with Crippen LogP contribution in [0.25, 0.3) is 0 Å². The van der Waals surface area contributed by atoms with Gasteiger partial charge in [0, 0.05) is 21.7 Å². The molecule has 0 saturated heterocycles. The molecule has 23 heavy (non-hydrogen) atoms. The largest absolute Gasteiger partial charge is 0.481 e. The lowest BCUT2D eigenvalue weighted by Crippen LogP contribution is -2.57. The van der Waals surface area contributed by atoms with Crippen molar-refractivity contribution in [2.45, 2.75) is 77.3 Å². The second kappa shape index (κ2) is 7.47. The summed E-state index contributed by atoms with van der Waals surface area (Å²) < 4.78 is 11.9. The van der Waals surface area contributed by atoms with Crippen LogP contribution in [0, 0.1) is 0 Å². The maximum absolute atomic E-state index is 12.3. The second-order valence-corrected chi connectivity index (χ2v) is 11.7. The Hall–Kier alpha value is -1.36. The summed E-state index contributed by atoms with van der Waals surface area (Å²) in [4.78, 5) is 24.6. The first kappa shape index (κ1) is 19.7. The SMILES string of the molecule is C=C(C)C(=O)O[Si](OC(=O)C(=C)C)(C1CCCCC1)C(C)(C)C. The summed E-state index contributed by atoms with van der Waals surface area (Å²) in [7, 11) is -3.17. The average molecular weight is 339 g/mol. The fourth-order valence-corrected chi connectivity index (χ4v) is 7.32. The molecule has 0 atom stereocenters. The highest BCUT2D eigenvalue weighted by Gasteiger charge is 2.61. The summed E-state index contributed by atoms with van der Waals surface area (Å²) >= 11 is 0. The summed E-state index contributed by atoms with van der Waals surface area (Å²) in [5, 5.41) is -0.425. The Morgan fingerprint density at radius 3 is 1.61 bits per heavy atom. The summed E-state index contributed by atoms with van der Waals surface area (Å²) in [5.74, 6) is -0.932. The topological polar surface area (TPSA) is 52.6 Å². The molecular formula is C18H30O4Si. The molecule has 130 valence electrons. The van der Waals surface area contributed by atoms with E-state index in [4.69, 9.17) is 8.85 Å². The number of carbonyl (C=O) groups excluding carboxylic acids is 2. The summed E-state index contributed by atoms with van der Waals surface area (Å²) in [6, 6.07) is 0. The molecular weight excluding hydrogens is 308 g/mol. The molecule has 1 rings (SSSR count). The first-order valence-electron chi connectivity index (χ1n) is 8.29. The predicted molar refractivity (Wildman–Crippen MR) is 94.1 cm³/mol. The Morgan fingerprint density at radius 2 is 1.30 bits per heavy atom. The van der Waals surface area contributed by atoms with E-state index < -0.39 is 25.5 Å². The molecule has 0 aliphatic heterocycles. The van der Waals surface area contributed by atoms with Crippen LogP contribution in [0.1, 0.15) is 66.7 Å². The van der Waals surface area contributed by atoms with Crippen molar-refractivity contribution < 1.29 is 18.4 Å². The fourth-order valence-electron chi connectivity index (χ4n) is 3.04. The molecule has 0 N–H and O–H groups in total. The van der Waals surface area contributed by atoms with Crippen LogP contribution < -0.4 is 0 Å². The van der Waals surface area contributed by atoms with Crippen molar-refractivity contribution in [3.63, 3.8) is 0 Å². The van der Waals surface area contributed by atoms with Gasteiger partial charge in [-0.05, 0) is 26.7 Å². The minimum atomic E-state index is -3.17. The highest BCUT2D eigenvalue weighted by molar-refractivity contribution is 6.75. The van der Waals surface area contributed by atoms with Gasteiger partial charge >= 0.3 is 20.5 Å². The molecule has 0 aromatic rings. The van der Waals surface area contributed by atoms with Gasteiger partial charge in [-0.2, -0.15) is 0 Å². The third-order valence-corrected chi connectivity index (χ3v) is 9.09. The first-order valence-corrected chi connectivity index (χ1v) is 10.2. The predicted octanol–water partition coefficient (Wildman–Crippen LogP) is 4.80. The molecule has 0 heterocycles. The Morgan fingerprint density at radius 1 is 0.913 bits per heavy atom. The fraction of sp³-hybridized carbons (Fsp3) is 0.667. The van der Waals surface area contributed by atoms with Gasteiger partial charge in [0.1, 0.15) is 0 Å². The van der Waals surface area contributed by atoms with Crippen molar-refractivity contribution in [1.82, 2.24) is 0 Å². The van der Waals surface area contributed by atoms with Gasteiger partial charge in [-0.15, -0.1) is 0 Å². The van der Waals surface area contributed by atoms with E-state index in [1.165, 1.54) is 6.42 Å². The summed E-state index contributed by atoms with van der Waals surface area (Å²) in [6.45, 7) is 16.5. The van der Waals surface area contributed by atoms with Crippen molar-refractivity contribution in [3.8, 4) is 0 Å². The smallest absolute Gasteiger partial charge is 0.473 e. The van der Waals surface area contributed by atoms with Gasteiger partial charge in [0.25, 0.3) is 0 Å². The van der Waals surface area contributed by atoms with Crippen LogP contribution in [0.5, 0.6) is 0 Å². The van der Waals surface area contributed by atoms with E-state index >= 15 is 0 Å². The van der Waals surface area contributed by atoms with Gasteiger partial charge in [0.05, 0.1) is 0 Å². The van der Waals surface area contributed by atoms with Crippen molar-refractivity contribution in [2.75, 3.05) is 0 Å². The number of carbonyl (C=O) groups is 2. The maximum Gasteiger partial charge on any atom is 0.473 e. The molecule has 1 fully saturated rings. The first-order chi connectivity index (χ1) is 10.5. The molecule has 1 aliphatic rings. The summed E-state index contributed by atoms with van der Waals surface area (Å²) in [6.07, 6.45) is 5.18. The second-order valence-electron chi connectivity index (χ2n) is 7.59. The van der Waals surface area contributed by atoms with Gasteiger partial charge in [-0.1, -0.05) is 53.2 Å². The molecule has 0 aromatic heterocycles. The van der Waals surface area contributed by atoms with E-state index in [1.54, 1.807) is 13.8 Å². The molecule has 0 amide bonds. The Kier molecular flexibility index (Phi) is 6.39. The standard InChI is InChI=1S/C18H30O4Si/c1-13(2)16(19)21-23(18(5,6)7,22-17(20)14(3)4)15-11-9-8-10-12-15/h15H,1,3,8-12H2,2,4-7H3. The molecule has 1 saturated carbocycles. The van der Waals surface area contributed by atoms with Crippen LogP contribution in [0.2, 0.25) is 10.6 Å². The van der Waals surface area contributed by atoms with Gasteiger partial charge < -0.3 is 8.85 Å². The lowest BCUT2D eigenvalue weighted by atomic mass is 10.0. The lowest BCUT2D eigenvalue weighted by Gasteiger charge is -2.45.